The molecular formula is C17H30BrN2O12P. The molecule has 0 rings (SSSR count). The van der Waals surface area contributed by atoms with E-state index in [0.717, 1.165) is 6.92 Å². The first-order chi connectivity index (χ1) is 15.2. The summed E-state index contributed by atoms with van der Waals surface area (Å²) in [5.74, 6) is -2.10. The Balaban J connectivity index is 4.94. The fourth-order valence-electron chi connectivity index (χ4n) is 1.97. The van der Waals surface area contributed by atoms with Crippen molar-refractivity contribution in [2.24, 2.45) is 11.5 Å². The normalized spacial score (nSPS) is 16.5. The lowest BCUT2D eigenvalue weighted by Crippen LogP contribution is -2.32. The Labute approximate surface area is 199 Å². The number of phosphoric acid groups is 1. The molecule has 0 bridgehead atoms. The van der Waals surface area contributed by atoms with E-state index in [0.29, 0.717) is 0 Å². The largest absolute Gasteiger partial charge is 0.472 e. The summed E-state index contributed by atoms with van der Waals surface area (Å²) >= 11 is 2.51. The first-order valence-corrected chi connectivity index (χ1v) is 12.0. The minimum Gasteiger partial charge on any atom is -0.462 e. The van der Waals surface area contributed by atoms with E-state index in [1.165, 1.54) is 0 Å². The molecule has 16 heteroatoms. The summed E-state index contributed by atoms with van der Waals surface area (Å²) in [7, 11) is -4.76. The number of carbonyl (C=O) groups is 4. The number of hydrogen-bond donors (Lipinski definition) is 3. The number of hydrogen-bond acceptors (Lipinski definition) is 13. The van der Waals surface area contributed by atoms with Gasteiger partial charge < -0.3 is 35.3 Å². The molecule has 0 saturated carbocycles. The molecule has 0 spiro atoms. The second-order valence-corrected chi connectivity index (χ2v) is 9.10. The Bertz CT molecular complexity index is 705. The van der Waals surface area contributed by atoms with Crippen LogP contribution in [0.15, 0.2) is 0 Å². The van der Waals surface area contributed by atoms with Gasteiger partial charge in [-0.3, -0.25) is 23.4 Å². The first kappa shape index (κ1) is 31.4. The third-order valence-corrected chi connectivity index (χ3v) is 4.42. The summed E-state index contributed by atoms with van der Waals surface area (Å²) in [5, 5.41) is 0. The summed E-state index contributed by atoms with van der Waals surface area (Å²) in [6.45, 7) is 1.99. The Kier molecular flexibility index (Phi) is 15.3. The lowest BCUT2D eigenvalue weighted by molar-refractivity contribution is -0.161. The average Bonchev–Trinajstić information content (AvgIpc) is 2.64. The highest BCUT2D eigenvalue weighted by molar-refractivity contribution is 9.18. The summed E-state index contributed by atoms with van der Waals surface area (Å²) in [4.78, 5) is 54.4. The number of carbonyl (C=O) groups excluding carboxylic acids is 4. The Morgan fingerprint density at radius 3 is 1.76 bits per heavy atom. The van der Waals surface area contributed by atoms with Gasteiger partial charge in [0.25, 0.3) is 0 Å². The minimum absolute atomic E-state index is 0.0982. The van der Waals surface area contributed by atoms with Crippen LogP contribution in [0.5, 0.6) is 0 Å². The SMILES string of the molecule is CC(=O)OC[C@H](COP(=O)(O)OCC(COC(=O)C[C@H](C)N)OC(=O)C[C@H](C)N)OC(=O)Br. The summed E-state index contributed by atoms with van der Waals surface area (Å²) in [6.07, 6.45) is -2.73. The van der Waals surface area contributed by atoms with Gasteiger partial charge in [0.05, 0.1) is 26.1 Å². The van der Waals surface area contributed by atoms with E-state index in [1.54, 1.807) is 13.8 Å². The van der Waals surface area contributed by atoms with Crippen LogP contribution in [0.2, 0.25) is 0 Å². The second kappa shape index (κ2) is 16.1. The van der Waals surface area contributed by atoms with E-state index in [2.05, 4.69) is 20.7 Å². The molecule has 0 aliphatic heterocycles. The molecule has 0 amide bonds. The van der Waals surface area contributed by atoms with Crippen LogP contribution in [-0.4, -0.2) is 78.4 Å². The lowest BCUT2D eigenvalue weighted by Gasteiger charge is -2.21. The Hall–Kier alpha value is -1.61. The molecule has 5 N–H and O–H groups in total. The van der Waals surface area contributed by atoms with Crippen LogP contribution in [-0.2, 0) is 46.9 Å². The maximum atomic E-state index is 12.2. The number of esters is 3. The minimum atomic E-state index is -4.76. The van der Waals surface area contributed by atoms with Crippen LogP contribution in [0.3, 0.4) is 0 Å². The smallest absolute Gasteiger partial charge is 0.462 e. The van der Waals surface area contributed by atoms with Crippen LogP contribution in [0, 0.1) is 0 Å². The highest BCUT2D eigenvalue weighted by Gasteiger charge is 2.29. The highest BCUT2D eigenvalue weighted by atomic mass is 79.9. The van der Waals surface area contributed by atoms with Crippen LogP contribution >= 0.6 is 23.8 Å². The molecule has 0 radical (unpaired) electrons. The van der Waals surface area contributed by atoms with Crippen molar-refractivity contribution < 1.29 is 56.6 Å². The fraction of sp³-hybridized carbons (Fsp3) is 0.765. The predicted molar refractivity (Wildman–Crippen MR) is 115 cm³/mol. The topological polar surface area (TPSA) is 213 Å². The predicted octanol–water partition coefficient (Wildman–Crippen LogP) is 0.513. The maximum absolute atomic E-state index is 12.2. The van der Waals surface area contributed by atoms with Gasteiger partial charge in [0, 0.05) is 34.9 Å². The Morgan fingerprint density at radius 2 is 1.30 bits per heavy atom. The van der Waals surface area contributed by atoms with E-state index in [4.69, 9.17) is 34.7 Å². The van der Waals surface area contributed by atoms with E-state index in [-0.39, 0.29) is 12.8 Å². The van der Waals surface area contributed by atoms with Gasteiger partial charge in [-0.2, -0.15) is 0 Å². The number of nitrogens with two attached hydrogens (primary N) is 2. The monoisotopic (exact) mass is 564 g/mol. The Morgan fingerprint density at radius 1 is 0.848 bits per heavy atom. The zero-order chi connectivity index (χ0) is 25.6. The third kappa shape index (κ3) is 18.5. The van der Waals surface area contributed by atoms with Crippen molar-refractivity contribution in [1.82, 2.24) is 0 Å². The van der Waals surface area contributed by atoms with E-state index >= 15 is 0 Å². The van der Waals surface area contributed by atoms with Gasteiger partial charge in [-0.25, -0.2) is 9.36 Å². The van der Waals surface area contributed by atoms with Gasteiger partial charge in [-0.1, -0.05) is 0 Å². The zero-order valence-electron chi connectivity index (χ0n) is 18.5. The maximum Gasteiger partial charge on any atom is 0.472 e. The molecule has 0 aromatic carbocycles. The quantitative estimate of drug-likeness (QED) is 0.101. The lowest BCUT2D eigenvalue weighted by atomic mass is 10.2. The molecule has 192 valence electrons. The molecule has 5 atom stereocenters. The van der Waals surface area contributed by atoms with Gasteiger partial charge in [0.15, 0.2) is 12.2 Å². The summed E-state index contributed by atoms with van der Waals surface area (Å²) in [5.41, 5.74) is 11.0. The molecule has 0 saturated heterocycles. The fourth-order valence-corrected chi connectivity index (χ4v) is 3.02. The second-order valence-electron chi connectivity index (χ2n) is 7.00. The number of phosphoric ester groups is 1. The molecule has 33 heavy (non-hydrogen) atoms. The van der Waals surface area contributed by atoms with Gasteiger partial charge in [0.2, 0.25) is 0 Å². The average molecular weight is 565 g/mol. The number of ether oxygens (including phenoxy) is 4. The molecule has 0 aliphatic carbocycles. The molecular weight excluding hydrogens is 535 g/mol. The van der Waals surface area contributed by atoms with Crippen LogP contribution in [0.25, 0.3) is 0 Å². The van der Waals surface area contributed by atoms with Gasteiger partial charge >= 0.3 is 30.6 Å². The summed E-state index contributed by atoms with van der Waals surface area (Å²) in [6, 6.07) is -0.981. The molecule has 0 aromatic rings. The molecule has 2 unspecified atom stereocenters. The van der Waals surface area contributed by atoms with Gasteiger partial charge in [-0.05, 0) is 13.8 Å². The van der Waals surface area contributed by atoms with Crippen molar-refractivity contribution in [2.45, 2.75) is 57.9 Å². The van der Waals surface area contributed by atoms with Crippen molar-refractivity contribution >= 4 is 46.5 Å². The van der Waals surface area contributed by atoms with Crippen LogP contribution in [0.4, 0.5) is 4.79 Å². The van der Waals surface area contributed by atoms with Crippen LogP contribution in [0.1, 0.15) is 33.6 Å². The van der Waals surface area contributed by atoms with Crippen LogP contribution < -0.4 is 11.5 Å². The molecule has 0 aliphatic rings. The molecule has 0 heterocycles. The van der Waals surface area contributed by atoms with Gasteiger partial charge in [0.1, 0.15) is 13.2 Å². The van der Waals surface area contributed by atoms with Crippen molar-refractivity contribution in [3.8, 4) is 0 Å². The number of halogens is 1. The molecule has 0 aromatic heterocycles. The van der Waals surface area contributed by atoms with E-state index < -0.39 is 81.3 Å². The molecule has 0 fully saturated rings. The van der Waals surface area contributed by atoms with E-state index in [1.807, 2.05) is 0 Å². The van der Waals surface area contributed by atoms with Crippen molar-refractivity contribution in [3.05, 3.63) is 0 Å². The highest BCUT2D eigenvalue weighted by Crippen LogP contribution is 2.43. The van der Waals surface area contributed by atoms with Crippen molar-refractivity contribution in [2.75, 3.05) is 26.4 Å². The zero-order valence-corrected chi connectivity index (χ0v) is 21.0. The standard InChI is InChI=1S/C17H30BrN2O12P/c1-10(19)4-15(22)28-7-13(31-16(23)5-11(2)20)8-29-33(25,26)30-9-14(32-17(18)24)6-27-12(3)21/h10-11,13-14H,4-9,19-20H2,1-3H3,(H,25,26)/t10-,11-,13?,14+/m0/s1. The first-order valence-electron chi connectivity index (χ1n) is 9.67. The summed E-state index contributed by atoms with van der Waals surface area (Å²) < 4.78 is 41.1. The van der Waals surface area contributed by atoms with Crippen molar-refractivity contribution in [3.63, 3.8) is 0 Å². The van der Waals surface area contributed by atoms with Crippen molar-refractivity contribution in [1.29, 1.82) is 0 Å². The molecule has 14 nitrogen and oxygen atoms in total. The van der Waals surface area contributed by atoms with E-state index in [9.17, 15) is 28.6 Å². The van der Waals surface area contributed by atoms with Gasteiger partial charge in [-0.15, -0.1) is 0 Å². The third-order valence-electron chi connectivity index (χ3n) is 3.28. The number of rotatable bonds is 16.